The molecule has 6 nitrogen and oxygen atoms in total. The maximum absolute atomic E-state index is 12.3. The summed E-state index contributed by atoms with van der Waals surface area (Å²) in [4.78, 5) is 25.9. The van der Waals surface area contributed by atoms with Gasteiger partial charge in [-0.1, -0.05) is 0 Å². The Morgan fingerprint density at radius 2 is 2.09 bits per heavy atom. The highest BCUT2D eigenvalue weighted by Crippen LogP contribution is 2.39. The summed E-state index contributed by atoms with van der Waals surface area (Å²) in [5, 5.41) is 9.20. The van der Waals surface area contributed by atoms with Gasteiger partial charge < -0.3 is 15.0 Å². The van der Waals surface area contributed by atoms with Crippen molar-refractivity contribution in [2.24, 2.45) is 0 Å². The van der Waals surface area contributed by atoms with Gasteiger partial charge in [-0.05, 0) is 36.8 Å². The molecule has 0 spiro atoms. The van der Waals surface area contributed by atoms with Gasteiger partial charge in [0.2, 0.25) is 5.91 Å². The predicted molar refractivity (Wildman–Crippen MR) is 87.2 cm³/mol. The lowest BCUT2D eigenvalue weighted by Gasteiger charge is -2.15. The number of nitrogens with one attached hydrogen (secondary N) is 1. The monoisotopic (exact) mass is 308 g/mol. The summed E-state index contributed by atoms with van der Waals surface area (Å²) in [5.41, 5.74) is 4.49. The molecule has 6 heteroatoms. The lowest BCUT2D eigenvalue weighted by molar-refractivity contribution is -0.119. The van der Waals surface area contributed by atoms with Crippen molar-refractivity contribution in [3.63, 3.8) is 0 Å². The second kappa shape index (κ2) is 5.17. The third kappa shape index (κ3) is 2.10. The number of anilines is 1. The number of aromatic amines is 1. The molecule has 116 valence electrons. The van der Waals surface area contributed by atoms with Gasteiger partial charge in [0, 0.05) is 30.2 Å². The number of imidazole rings is 1. The van der Waals surface area contributed by atoms with E-state index in [9.17, 15) is 9.90 Å². The quantitative estimate of drug-likeness (QED) is 0.776. The van der Waals surface area contributed by atoms with E-state index >= 15 is 0 Å². The molecule has 0 aliphatic carbocycles. The molecule has 1 atom stereocenters. The fourth-order valence-corrected chi connectivity index (χ4v) is 3.10. The molecule has 1 aliphatic rings. The van der Waals surface area contributed by atoms with Crippen molar-refractivity contribution in [2.45, 2.75) is 12.8 Å². The molecule has 1 aliphatic heterocycles. The number of aliphatic hydroxyl groups is 1. The van der Waals surface area contributed by atoms with E-state index in [0.29, 0.717) is 6.54 Å². The van der Waals surface area contributed by atoms with Crippen LogP contribution in [-0.2, 0) is 4.79 Å². The van der Waals surface area contributed by atoms with Crippen LogP contribution in [-0.4, -0.2) is 39.1 Å². The zero-order valence-corrected chi connectivity index (χ0v) is 12.7. The molecule has 0 bridgehead atoms. The molecule has 0 radical (unpaired) electrons. The molecule has 0 saturated carbocycles. The van der Waals surface area contributed by atoms with E-state index in [2.05, 4.69) is 15.0 Å². The fraction of sp³-hybridized carbons (Fsp3) is 0.235. The zero-order valence-electron chi connectivity index (χ0n) is 12.7. The first-order valence-electron chi connectivity index (χ1n) is 7.55. The van der Waals surface area contributed by atoms with Crippen LogP contribution in [0.3, 0.4) is 0 Å². The van der Waals surface area contributed by atoms with Crippen LogP contribution in [0.15, 0.2) is 36.7 Å². The van der Waals surface area contributed by atoms with Gasteiger partial charge in [0.1, 0.15) is 5.82 Å². The van der Waals surface area contributed by atoms with Gasteiger partial charge >= 0.3 is 0 Å². The number of nitrogens with zero attached hydrogens (tertiary/aromatic N) is 3. The number of pyridine rings is 1. The van der Waals surface area contributed by atoms with E-state index in [0.717, 1.165) is 33.7 Å². The van der Waals surface area contributed by atoms with Gasteiger partial charge in [0.15, 0.2) is 0 Å². The van der Waals surface area contributed by atoms with Crippen molar-refractivity contribution in [1.82, 2.24) is 15.0 Å². The average Bonchev–Trinajstić information content (AvgIpc) is 3.09. The molecular formula is C17H16N4O2. The minimum absolute atomic E-state index is 0.0241. The number of hydrogen-bond donors (Lipinski definition) is 2. The number of carbonyl (C=O) groups excluding carboxylic acids is 1. The van der Waals surface area contributed by atoms with Crippen LogP contribution in [0.4, 0.5) is 5.69 Å². The Balaban J connectivity index is 1.85. The Morgan fingerprint density at radius 3 is 2.83 bits per heavy atom. The van der Waals surface area contributed by atoms with Crippen LogP contribution in [0, 0.1) is 0 Å². The summed E-state index contributed by atoms with van der Waals surface area (Å²) < 4.78 is 0. The molecule has 23 heavy (non-hydrogen) atoms. The third-order valence-electron chi connectivity index (χ3n) is 4.30. The number of benzene rings is 1. The number of amides is 1. The number of fused-ring (bicyclic) bond motifs is 2. The average molecular weight is 308 g/mol. The molecule has 2 aromatic heterocycles. The minimum Gasteiger partial charge on any atom is -0.395 e. The summed E-state index contributed by atoms with van der Waals surface area (Å²) in [6.07, 6.45) is 3.46. The fourth-order valence-electron chi connectivity index (χ4n) is 3.10. The van der Waals surface area contributed by atoms with Crippen LogP contribution in [0.25, 0.3) is 22.4 Å². The number of rotatable bonds is 3. The Labute approximate surface area is 132 Å². The van der Waals surface area contributed by atoms with Gasteiger partial charge in [-0.25, -0.2) is 4.98 Å². The third-order valence-corrected chi connectivity index (χ3v) is 4.30. The number of hydrogen-bond acceptors (Lipinski definition) is 4. The van der Waals surface area contributed by atoms with Crippen LogP contribution >= 0.6 is 0 Å². The van der Waals surface area contributed by atoms with Crippen LogP contribution in [0.1, 0.15) is 18.4 Å². The van der Waals surface area contributed by atoms with Crippen LogP contribution in [0.2, 0.25) is 0 Å². The van der Waals surface area contributed by atoms with Crippen molar-refractivity contribution < 1.29 is 9.90 Å². The standard InChI is InChI=1S/C17H16N4O2/c1-10-12-8-13-14(9-15(12)21(6-7-22)17(10)23)20-16(19-13)11-2-4-18-5-3-11/h2-5,8-10,22H,6-7H2,1H3,(H,19,20). The maximum atomic E-state index is 12.3. The maximum Gasteiger partial charge on any atom is 0.234 e. The van der Waals surface area contributed by atoms with Crippen molar-refractivity contribution in [2.75, 3.05) is 18.1 Å². The number of β-amino-alcohol motifs (C(OH)–C–C–N with tert-alkyl or cyclic N) is 1. The second-order valence-corrected chi connectivity index (χ2v) is 5.68. The highest BCUT2D eigenvalue weighted by molar-refractivity contribution is 6.07. The second-order valence-electron chi connectivity index (χ2n) is 5.68. The van der Waals surface area contributed by atoms with Gasteiger partial charge in [0.05, 0.1) is 23.6 Å². The molecule has 4 rings (SSSR count). The highest BCUT2D eigenvalue weighted by atomic mass is 16.3. The minimum atomic E-state index is -0.206. The number of carbonyl (C=O) groups is 1. The van der Waals surface area contributed by atoms with Crippen LogP contribution < -0.4 is 4.90 Å². The molecule has 1 amide bonds. The lowest BCUT2D eigenvalue weighted by Crippen LogP contribution is -2.30. The van der Waals surface area contributed by atoms with E-state index in [4.69, 9.17) is 0 Å². The molecule has 0 fully saturated rings. The van der Waals surface area contributed by atoms with E-state index in [-0.39, 0.29) is 18.4 Å². The first kappa shape index (κ1) is 13.9. The van der Waals surface area contributed by atoms with E-state index < -0.39 is 0 Å². The van der Waals surface area contributed by atoms with Gasteiger partial charge in [0.25, 0.3) is 0 Å². The van der Waals surface area contributed by atoms with Crippen molar-refractivity contribution in [3.05, 3.63) is 42.2 Å². The van der Waals surface area contributed by atoms with Gasteiger partial charge in [-0.2, -0.15) is 0 Å². The predicted octanol–water partition coefficient (Wildman–Crippen LogP) is 2.07. The zero-order chi connectivity index (χ0) is 16.0. The topological polar surface area (TPSA) is 82.1 Å². The smallest absolute Gasteiger partial charge is 0.234 e. The Bertz CT molecular complexity index is 888. The number of H-pyrrole nitrogens is 1. The molecule has 2 N–H and O–H groups in total. The lowest BCUT2D eigenvalue weighted by atomic mass is 10.0. The highest BCUT2D eigenvalue weighted by Gasteiger charge is 2.34. The molecule has 3 aromatic rings. The molecule has 3 heterocycles. The Kier molecular flexibility index (Phi) is 3.12. The summed E-state index contributed by atoms with van der Waals surface area (Å²) in [6.45, 7) is 2.15. The summed E-state index contributed by atoms with van der Waals surface area (Å²) >= 11 is 0. The number of aliphatic hydroxyl groups excluding tert-OH is 1. The normalized spacial score (nSPS) is 17.0. The number of aromatic nitrogens is 3. The summed E-state index contributed by atoms with van der Waals surface area (Å²) in [5.74, 6) is 0.594. The van der Waals surface area contributed by atoms with E-state index in [1.165, 1.54) is 0 Å². The Hall–Kier alpha value is -2.73. The molecule has 0 saturated heterocycles. The first-order chi connectivity index (χ1) is 11.2. The first-order valence-corrected chi connectivity index (χ1v) is 7.55. The van der Waals surface area contributed by atoms with Gasteiger partial charge in [-0.15, -0.1) is 0 Å². The van der Waals surface area contributed by atoms with Crippen LogP contribution in [0.5, 0.6) is 0 Å². The SMILES string of the molecule is CC1C(=O)N(CCO)c2cc3[nH]c(-c4ccncc4)nc3cc21. The molecule has 1 unspecified atom stereocenters. The summed E-state index contributed by atoms with van der Waals surface area (Å²) in [6, 6.07) is 7.70. The molecule has 1 aromatic carbocycles. The van der Waals surface area contributed by atoms with Crippen molar-refractivity contribution >= 4 is 22.6 Å². The van der Waals surface area contributed by atoms with E-state index in [1.54, 1.807) is 17.3 Å². The summed E-state index contributed by atoms with van der Waals surface area (Å²) in [7, 11) is 0. The van der Waals surface area contributed by atoms with Crippen molar-refractivity contribution in [3.8, 4) is 11.4 Å². The van der Waals surface area contributed by atoms with Gasteiger partial charge in [-0.3, -0.25) is 9.78 Å². The Morgan fingerprint density at radius 1 is 1.30 bits per heavy atom. The molecular weight excluding hydrogens is 292 g/mol. The van der Waals surface area contributed by atoms with Crippen molar-refractivity contribution in [1.29, 1.82) is 0 Å². The van der Waals surface area contributed by atoms with E-state index in [1.807, 2.05) is 31.2 Å². The largest absolute Gasteiger partial charge is 0.395 e.